The molecule has 3 heterocycles. The van der Waals surface area contributed by atoms with Gasteiger partial charge in [0, 0.05) is 24.4 Å². The molecule has 0 N–H and O–H groups in total. The first-order valence-electron chi connectivity index (χ1n) is 9.80. The van der Waals surface area contributed by atoms with E-state index in [9.17, 15) is 13.2 Å². The molecule has 9 heteroatoms. The van der Waals surface area contributed by atoms with E-state index < -0.39 is 18.3 Å². The highest BCUT2D eigenvalue weighted by Gasteiger charge is 2.21. The van der Waals surface area contributed by atoms with Crippen molar-refractivity contribution in [2.75, 3.05) is 6.61 Å². The number of hydrogen-bond donors (Lipinski definition) is 0. The van der Waals surface area contributed by atoms with Crippen LogP contribution in [0.15, 0.2) is 53.7 Å². The maximum Gasteiger partial charge on any atom is 0.301 e. The van der Waals surface area contributed by atoms with Crippen molar-refractivity contribution >= 4 is 17.0 Å². The number of rotatable bonds is 6. The van der Waals surface area contributed by atoms with Crippen LogP contribution in [0.1, 0.15) is 36.2 Å². The smallest absolute Gasteiger partial charge is 0.301 e. The molecule has 5 nitrogen and oxygen atoms in total. The molecule has 0 saturated carbocycles. The van der Waals surface area contributed by atoms with Gasteiger partial charge in [-0.2, -0.15) is 8.78 Å². The summed E-state index contributed by atoms with van der Waals surface area (Å²) >= 11 is 1.54. The minimum absolute atomic E-state index is 0.260. The average molecular weight is 444 g/mol. The largest absolute Gasteiger partial charge is 0.395 e. The Hall–Kier alpha value is -3.07. The van der Waals surface area contributed by atoms with Crippen LogP contribution in [-0.4, -0.2) is 27.3 Å². The zero-order chi connectivity index (χ0) is 21.8. The van der Waals surface area contributed by atoms with Gasteiger partial charge in [-0.05, 0) is 49.9 Å². The normalized spacial score (nSPS) is 14.4. The van der Waals surface area contributed by atoms with Crippen LogP contribution >= 0.6 is 11.3 Å². The van der Waals surface area contributed by atoms with E-state index in [1.807, 2.05) is 31.2 Å². The molecule has 0 aromatic carbocycles. The van der Waals surface area contributed by atoms with E-state index in [1.165, 1.54) is 0 Å². The molecule has 0 radical (unpaired) electrons. The Morgan fingerprint density at radius 3 is 2.81 bits per heavy atom. The number of aromatic nitrogens is 3. The molecular weight excluding hydrogens is 425 g/mol. The van der Waals surface area contributed by atoms with Gasteiger partial charge in [-0.25, -0.2) is 14.4 Å². The highest BCUT2D eigenvalue weighted by Crippen LogP contribution is 2.35. The molecule has 0 fully saturated rings. The third-order valence-electron chi connectivity index (χ3n) is 4.84. The molecule has 0 saturated heterocycles. The van der Waals surface area contributed by atoms with Gasteiger partial charge in [0.15, 0.2) is 5.83 Å². The summed E-state index contributed by atoms with van der Waals surface area (Å²) < 4.78 is 37.2. The summed E-state index contributed by atoms with van der Waals surface area (Å²) in [7, 11) is 0. The van der Waals surface area contributed by atoms with Gasteiger partial charge in [0.1, 0.15) is 17.3 Å². The number of thiazole rings is 1. The molecule has 0 bridgehead atoms. The van der Waals surface area contributed by atoms with Crippen molar-refractivity contribution in [1.82, 2.24) is 15.0 Å². The number of pyridine rings is 2. The van der Waals surface area contributed by atoms with E-state index in [4.69, 9.17) is 9.82 Å². The molecule has 4 rings (SSSR count). The van der Waals surface area contributed by atoms with E-state index in [0.717, 1.165) is 50.9 Å². The molecule has 1 aliphatic carbocycles. The molecular formula is C22H19F3N4OS. The standard InChI is InChI=1S/C22H19F3N4OS/c1-13-20(31-22(27-13)15-5-3-10-26-12-15)18-8-7-14-4-2-6-17(19(14)28-18)29-30-11-9-16(23)21(24)25/h3,5,7-8,10,12H,2,4,6,9,11H2,1H3/b29-17+. The third kappa shape index (κ3) is 4.82. The fraction of sp³-hybridized carbons (Fsp3) is 0.273. The van der Waals surface area contributed by atoms with Gasteiger partial charge >= 0.3 is 6.08 Å². The van der Waals surface area contributed by atoms with Crippen LogP contribution in [0.4, 0.5) is 13.2 Å². The summed E-state index contributed by atoms with van der Waals surface area (Å²) in [6.07, 6.45) is 3.06. The molecule has 0 unspecified atom stereocenters. The Balaban J connectivity index is 1.59. The second kappa shape index (κ2) is 9.38. The summed E-state index contributed by atoms with van der Waals surface area (Å²) in [5.74, 6) is -1.48. The number of nitrogens with zero attached hydrogens (tertiary/aromatic N) is 4. The van der Waals surface area contributed by atoms with Crippen LogP contribution in [-0.2, 0) is 11.3 Å². The highest BCUT2D eigenvalue weighted by atomic mass is 32.1. The molecule has 160 valence electrons. The van der Waals surface area contributed by atoms with Crippen molar-refractivity contribution in [3.05, 3.63) is 65.5 Å². The molecule has 0 spiro atoms. The van der Waals surface area contributed by atoms with Crippen molar-refractivity contribution in [1.29, 1.82) is 0 Å². The number of hydrogen-bond acceptors (Lipinski definition) is 6. The monoisotopic (exact) mass is 444 g/mol. The van der Waals surface area contributed by atoms with Gasteiger partial charge in [0.2, 0.25) is 0 Å². The minimum Gasteiger partial charge on any atom is -0.395 e. The van der Waals surface area contributed by atoms with Gasteiger partial charge in [0.25, 0.3) is 0 Å². The van der Waals surface area contributed by atoms with Crippen LogP contribution in [0.25, 0.3) is 21.1 Å². The molecule has 3 aromatic heterocycles. The Morgan fingerprint density at radius 2 is 2.03 bits per heavy atom. The highest BCUT2D eigenvalue weighted by molar-refractivity contribution is 7.18. The van der Waals surface area contributed by atoms with Gasteiger partial charge in [-0.1, -0.05) is 11.2 Å². The van der Waals surface area contributed by atoms with Crippen LogP contribution < -0.4 is 0 Å². The van der Waals surface area contributed by atoms with E-state index in [1.54, 1.807) is 23.7 Å². The lowest BCUT2D eigenvalue weighted by Gasteiger charge is -2.17. The van der Waals surface area contributed by atoms with Crippen molar-refractivity contribution in [2.24, 2.45) is 5.16 Å². The van der Waals surface area contributed by atoms with Crippen LogP contribution in [0, 0.1) is 6.92 Å². The summed E-state index contributed by atoms with van der Waals surface area (Å²) in [6, 6.07) is 7.83. The second-order valence-electron chi connectivity index (χ2n) is 7.02. The van der Waals surface area contributed by atoms with E-state index in [-0.39, 0.29) is 6.61 Å². The number of halogens is 3. The summed E-state index contributed by atoms with van der Waals surface area (Å²) in [5, 5.41) is 4.93. The zero-order valence-electron chi connectivity index (χ0n) is 16.7. The minimum atomic E-state index is -2.32. The lowest BCUT2D eigenvalue weighted by atomic mass is 9.94. The predicted molar refractivity (Wildman–Crippen MR) is 114 cm³/mol. The van der Waals surface area contributed by atoms with Crippen molar-refractivity contribution in [3.8, 4) is 21.1 Å². The zero-order valence-corrected chi connectivity index (χ0v) is 17.6. The Kier molecular flexibility index (Phi) is 6.41. The molecule has 31 heavy (non-hydrogen) atoms. The van der Waals surface area contributed by atoms with Crippen molar-refractivity contribution in [3.63, 3.8) is 0 Å². The van der Waals surface area contributed by atoms with Gasteiger partial charge in [0.05, 0.1) is 22.0 Å². The Labute approximate surface area is 181 Å². The van der Waals surface area contributed by atoms with Crippen LogP contribution in [0.5, 0.6) is 0 Å². The molecule has 1 aliphatic rings. The molecule has 3 aromatic rings. The number of oxime groups is 1. The molecule has 0 aliphatic heterocycles. The second-order valence-corrected chi connectivity index (χ2v) is 8.02. The van der Waals surface area contributed by atoms with Crippen molar-refractivity contribution < 1.29 is 18.0 Å². The predicted octanol–water partition coefficient (Wildman–Crippen LogP) is 6.10. The maximum absolute atomic E-state index is 12.9. The number of fused-ring (bicyclic) bond motifs is 1. The first kappa shape index (κ1) is 21.2. The SMILES string of the molecule is Cc1nc(-c2cccnc2)sc1-c1ccc2c(n1)/C(=N/OCCC(F)=C(F)F)CCC2. The summed E-state index contributed by atoms with van der Waals surface area (Å²) in [5.41, 5.74) is 5.02. The van der Waals surface area contributed by atoms with Gasteiger partial charge in [-0.15, -0.1) is 11.3 Å². The van der Waals surface area contributed by atoms with Crippen molar-refractivity contribution in [2.45, 2.75) is 32.6 Å². The van der Waals surface area contributed by atoms with Crippen LogP contribution in [0.3, 0.4) is 0 Å². The summed E-state index contributed by atoms with van der Waals surface area (Å²) in [4.78, 5) is 19.7. The third-order valence-corrected chi connectivity index (χ3v) is 6.07. The molecule has 0 atom stereocenters. The first-order chi connectivity index (χ1) is 15.0. The lowest BCUT2D eigenvalue weighted by molar-refractivity contribution is 0.140. The number of aryl methyl sites for hydroxylation is 2. The fourth-order valence-electron chi connectivity index (χ4n) is 3.32. The van der Waals surface area contributed by atoms with Gasteiger partial charge < -0.3 is 4.84 Å². The molecule has 0 amide bonds. The lowest BCUT2D eigenvalue weighted by Crippen LogP contribution is -2.15. The Bertz CT molecular complexity index is 1140. The Morgan fingerprint density at radius 1 is 1.16 bits per heavy atom. The average Bonchev–Trinajstić information content (AvgIpc) is 3.18. The first-order valence-corrected chi connectivity index (χ1v) is 10.6. The van der Waals surface area contributed by atoms with Gasteiger partial charge in [-0.3, -0.25) is 4.98 Å². The maximum atomic E-state index is 12.9. The summed E-state index contributed by atoms with van der Waals surface area (Å²) in [6.45, 7) is 1.68. The van der Waals surface area contributed by atoms with E-state index in [0.29, 0.717) is 12.1 Å². The fourth-order valence-corrected chi connectivity index (χ4v) is 4.35. The van der Waals surface area contributed by atoms with Crippen LogP contribution in [0.2, 0.25) is 0 Å². The van der Waals surface area contributed by atoms with E-state index >= 15 is 0 Å². The van der Waals surface area contributed by atoms with E-state index in [2.05, 4.69) is 15.1 Å². The topological polar surface area (TPSA) is 60.3 Å². The quantitative estimate of drug-likeness (QED) is 0.340.